The highest BCUT2D eigenvalue weighted by atomic mass is 35.5. The van der Waals surface area contributed by atoms with Gasteiger partial charge in [-0.05, 0) is 68.1 Å². The molecule has 1 saturated heterocycles. The Balaban J connectivity index is 1.51. The Morgan fingerprint density at radius 2 is 1.94 bits per heavy atom. The van der Waals surface area contributed by atoms with E-state index in [-0.39, 0.29) is 34.1 Å². The average molecular weight is 494 g/mol. The number of hydrogen-bond acceptors (Lipinski definition) is 4. The van der Waals surface area contributed by atoms with Crippen LogP contribution in [0, 0.1) is 11.7 Å². The molecule has 0 aliphatic carbocycles. The second-order valence-corrected chi connectivity index (χ2v) is 10.9. The van der Waals surface area contributed by atoms with Gasteiger partial charge in [0.2, 0.25) is 21.8 Å². The van der Waals surface area contributed by atoms with Crippen molar-refractivity contribution in [3.63, 3.8) is 0 Å². The van der Waals surface area contributed by atoms with Gasteiger partial charge < -0.3 is 10.2 Å². The van der Waals surface area contributed by atoms with Crippen molar-refractivity contribution in [3.8, 4) is 0 Å². The monoisotopic (exact) mass is 493 g/mol. The summed E-state index contributed by atoms with van der Waals surface area (Å²) in [6.45, 7) is 3.73. The summed E-state index contributed by atoms with van der Waals surface area (Å²) in [5.74, 6) is -1.77. The van der Waals surface area contributed by atoms with Gasteiger partial charge in [-0.25, -0.2) is 12.8 Å². The lowest BCUT2D eigenvalue weighted by Crippen LogP contribution is -2.43. The topological polar surface area (TPSA) is 86.8 Å². The molecule has 0 spiro atoms. The third-order valence-electron chi connectivity index (χ3n) is 6.19. The van der Waals surface area contributed by atoms with Crippen molar-refractivity contribution >= 4 is 44.8 Å². The van der Waals surface area contributed by atoms with Crippen molar-refractivity contribution in [2.24, 2.45) is 5.92 Å². The van der Waals surface area contributed by atoms with Crippen LogP contribution < -0.4 is 10.2 Å². The van der Waals surface area contributed by atoms with Crippen LogP contribution in [0.2, 0.25) is 5.02 Å². The fraction of sp³-hybridized carbons (Fsp3) is 0.391. The summed E-state index contributed by atoms with van der Waals surface area (Å²) in [6.07, 6.45) is 1.60. The van der Waals surface area contributed by atoms with Crippen molar-refractivity contribution in [2.75, 3.05) is 23.3 Å². The van der Waals surface area contributed by atoms with Crippen molar-refractivity contribution in [1.82, 2.24) is 4.31 Å². The molecule has 2 atom stereocenters. The molecule has 0 unspecified atom stereocenters. The van der Waals surface area contributed by atoms with E-state index in [0.717, 1.165) is 17.3 Å². The maximum atomic E-state index is 14.0. The lowest BCUT2D eigenvalue weighted by Gasteiger charge is -2.31. The lowest BCUT2D eigenvalue weighted by molar-refractivity contribution is -0.121. The number of piperidine rings is 1. The summed E-state index contributed by atoms with van der Waals surface area (Å²) in [6, 6.07) is 8.72. The van der Waals surface area contributed by atoms with Gasteiger partial charge in [-0.3, -0.25) is 9.59 Å². The number of anilines is 2. The molecule has 4 rings (SSSR count). The molecule has 1 fully saturated rings. The van der Waals surface area contributed by atoms with Crippen LogP contribution in [0.25, 0.3) is 0 Å². The highest BCUT2D eigenvalue weighted by Crippen LogP contribution is 2.35. The van der Waals surface area contributed by atoms with E-state index in [2.05, 4.69) is 5.32 Å². The van der Waals surface area contributed by atoms with Gasteiger partial charge in [-0.1, -0.05) is 11.6 Å². The number of fused-ring (bicyclic) bond motifs is 1. The minimum atomic E-state index is -3.83. The van der Waals surface area contributed by atoms with E-state index in [9.17, 15) is 22.4 Å². The van der Waals surface area contributed by atoms with E-state index in [1.54, 1.807) is 17.0 Å². The standard InChI is InChI=1S/C23H25ClFN3O4S/c1-14-10-17-11-19(6-8-22(17)28(14)15(2)29)33(31,32)27-9-3-4-16(13-27)23(30)26-21-7-5-18(24)12-20(21)25/h5-8,11-12,14,16H,3-4,9-10,13H2,1-2H3,(H,26,30)/t14-,16-/m0/s1. The normalized spacial score (nSPS) is 21.0. The molecule has 2 aromatic carbocycles. The minimum Gasteiger partial charge on any atom is -0.323 e. The number of carbonyl (C=O) groups is 2. The van der Waals surface area contributed by atoms with E-state index in [0.29, 0.717) is 25.8 Å². The highest BCUT2D eigenvalue weighted by molar-refractivity contribution is 7.89. The average Bonchev–Trinajstić information content (AvgIpc) is 3.10. The van der Waals surface area contributed by atoms with Gasteiger partial charge in [0, 0.05) is 36.8 Å². The molecule has 0 bridgehead atoms. The molecule has 0 saturated carbocycles. The Kier molecular flexibility index (Phi) is 6.48. The quantitative estimate of drug-likeness (QED) is 0.701. The summed E-state index contributed by atoms with van der Waals surface area (Å²) in [7, 11) is -3.83. The third kappa shape index (κ3) is 4.62. The number of benzene rings is 2. The Morgan fingerprint density at radius 1 is 1.18 bits per heavy atom. The fourth-order valence-corrected chi connectivity index (χ4v) is 6.33. The predicted molar refractivity (Wildman–Crippen MR) is 124 cm³/mol. The smallest absolute Gasteiger partial charge is 0.243 e. The van der Waals surface area contributed by atoms with E-state index < -0.39 is 27.7 Å². The SMILES string of the molecule is CC(=O)N1c2ccc(S(=O)(=O)N3CCC[C@H](C(=O)Nc4ccc(Cl)cc4F)C3)cc2C[C@@H]1C. The molecule has 10 heteroatoms. The number of sulfonamides is 1. The van der Waals surface area contributed by atoms with Gasteiger partial charge in [-0.2, -0.15) is 4.31 Å². The molecular formula is C23H25ClFN3O4S. The number of rotatable bonds is 4. The zero-order valence-electron chi connectivity index (χ0n) is 18.3. The summed E-state index contributed by atoms with van der Waals surface area (Å²) < 4.78 is 42.0. The molecule has 33 heavy (non-hydrogen) atoms. The van der Waals surface area contributed by atoms with Crippen LogP contribution in [0.4, 0.5) is 15.8 Å². The van der Waals surface area contributed by atoms with E-state index in [4.69, 9.17) is 11.6 Å². The summed E-state index contributed by atoms with van der Waals surface area (Å²) in [5.41, 5.74) is 1.55. The Hall–Kier alpha value is -2.49. The number of halogens is 2. The molecule has 2 aromatic rings. The summed E-state index contributed by atoms with van der Waals surface area (Å²) in [4.78, 5) is 26.5. The number of hydrogen-bond donors (Lipinski definition) is 1. The molecule has 2 aliphatic rings. The molecule has 2 amide bonds. The molecule has 2 aliphatic heterocycles. The Bertz CT molecular complexity index is 1220. The molecular weight excluding hydrogens is 469 g/mol. The lowest BCUT2D eigenvalue weighted by atomic mass is 9.98. The number of nitrogens with zero attached hydrogens (tertiary/aromatic N) is 2. The second-order valence-electron chi connectivity index (χ2n) is 8.55. The van der Waals surface area contributed by atoms with Crippen LogP contribution in [0.5, 0.6) is 0 Å². The van der Waals surface area contributed by atoms with Crippen LogP contribution in [0.15, 0.2) is 41.3 Å². The number of carbonyl (C=O) groups excluding carboxylic acids is 2. The van der Waals surface area contributed by atoms with E-state index in [1.165, 1.54) is 29.4 Å². The molecule has 2 heterocycles. The van der Waals surface area contributed by atoms with E-state index in [1.807, 2.05) is 6.92 Å². The van der Waals surface area contributed by atoms with Crippen LogP contribution in [-0.2, 0) is 26.0 Å². The third-order valence-corrected chi connectivity index (χ3v) is 8.28. The molecule has 7 nitrogen and oxygen atoms in total. The zero-order chi connectivity index (χ0) is 23.9. The molecule has 0 radical (unpaired) electrons. The van der Waals surface area contributed by atoms with Crippen LogP contribution in [0.1, 0.15) is 32.3 Å². The van der Waals surface area contributed by atoms with Crippen LogP contribution in [-0.4, -0.2) is 43.7 Å². The second kappa shape index (κ2) is 9.04. The fourth-order valence-electron chi connectivity index (χ4n) is 4.60. The van der Waals surface area contributed by atoms with Gasteiger partial charge in [0.1, 0.15) is 5.82 Å². The van der Waals surface area contributed by atoms with E-state index >= 15 is 0 Å². The first-order chi connectivity index (χ1) is 15.6. The first-order valence-electron chi connectivity index (χ1n) is 10.8. The first-order valence-corrected chi connectivity index (χ1v) is 12.6. The van der Waals surface area contributed by atoms with Crippen molar-refractivity contribution < 1.29 is 22.4 Å². The molecule has 176 valence electrons. The number of amides is 2. The minimum absolute atomic E-state index is 0.00662. The molecule has 0 aromatic heterocycles. The summed E-state index contributed by atoms with van der Waals surface area (Å²) >= 11 is 5.75. The van der Waals surface area contributed by atoms with Crippen molar-refractivity contribution in [2.45, 2.75) is 44.0 Å². The predicted octanol–water partition coefficient (Wildman–Crippen LogP) is 3.82. The van der Waals surface area contributed by atoms with Crippen molar-refractivity contribution in [1.29, 1.82) is 0 Å². The van der Waals surface area contributed by atoms with Crippen LogP contribution >= 0.6 is 11.6 Å². The maximum Gasteiger partial charge on any atom is 0.243 e. The zero-order valence-corrected chi connectivity index (χ0v) is 19.9. The van der Waals surface area contributed by atoms with Gasteiger partial charge in [-0.15, -0.1) is 0 Å². The Morgan fingerprint density at radius 3 is 2.64 bits per heavy atom. The first kappa shape index (κ1) is 23.7. The van der Waals surface area contributed by atoms with Gasteiger partial charge in [0.15, 0.2) is 0 Å². The number of nitrogens with one attached hydrogen (secondary N) is 1. The maximum absolute atomic E-state index is 14.0. The Labute approximate surface area is 197 Å². The highest BCUT2D eigenvalue weighted by Gasteiger charge is 2.35. The van der Waals surface area contributed by atoms with Gasteiger partial charge in [0.25, 0.3) is 0 Å². The largest absolute Gasteiger partial charge is 0.323 e. The van der Waals surface area contributed by atoms with Gasteiger partial charge >= 0.3 is 0 Å². The van der Waals surface area contributed by atoms with Crippen molar-refractivity contribution in [3.05, 3.63) is 52.8 Å². The van der Waals surface area contributed by atoms with Crippen LogP contribution in [0.3, 0.4) is 0 Å². The van der Waals surface area contributed by atoms with Gasteiger partial charge in [0.05, 0.1) is 16.5 Å². The molecule has 1 N–H and O–H groups in total. The summed E-state index contributed by atoms with van der Waals surface area (Å²) in [5, 5.41) is 2.76.